The molecule has 0 spiro atoms. The molecular formula is C11H11ClN4OS. The van der Waals surface area contributed by atoms with Gasteiger partial charge in [-0.2, -0.15) is 4.98 Å². The minimum atomic E-state index is -0.336. The largest absolute Gasteiger partial charge is 0.382 e. The fraction of sp³-hybridized carbons (Fsp3) is 0.0909. The van der Waals surface area contributed by atoms with Crippen molar-refractivity contribution in [1.82, 2.24) is 9.97 Å². The third-order valence-corrected chi connectivity index (χ3v) is 3.76. The number of nitrogen functional groups attached to an aromatic ring is 2. The predicted molar refractivity (Wildman–Crippen MR) is 74.7 cm³/mol. The summed E-state index contributed by atoms with van der Waals surface area (Å²) in [5, 5.41) is 0.656. The zero-order valence-electron chi connectivity index (χ0n) is 9.31. The Bertz CT molecular complexity index is 629. The van der Waals surface area contributed by atoms with Crippen LogP contribution in [0.5, 0.6) is 0 Å². The number of halogens is 1. The Hall–Kier alpha value is -1.66. The highest BCUT2D eigenvalue weighted by Gasteiger charge is 2.09. The highest BCUT2D eigenvalue weighted by molar-refractivity contribution is 7.98. The van der Waals surface area contributed by atoms with Gasteiger partial charge in [-0.05, 0) is 11.6 Å². The van der Waals surface area contributed by atoms with Crippen LogP contribution in [0.1, 0.15) is 5.56 Å². The lowest BCUT2D eigenvalue weighted by molar-refractivity contribution is 1.07. The molecule has 0 aliphatic heterocycles. The standard InChI is InChI=1S/C11H11ClN4OS/c12-7-4-2-1-3-6(7)5-18-8-9(13)15-11(14)16-10(8)17/h1-4H,5H2,(H5,13,14,15,16,17). The number of hydrogen-bond acceptors (Lipinski definition) is 5. The van der Waals surface area contributed by atoms with Crippen LogP contribution in [0.3, 0.4) is 0 Å². The van der Waals surface area contributed by atoms with Crippen molar-refractivity contribution in [2.75, 3.05) is 11.5 Å². The highest BCUT2D eigenvalue weighted by Crippen LogP contribution is 2.26. The van der Waals surface area contributed by atoms with E-state index in [0.29, 0.717) is 15.7 Å². The summed E-state index contributed by atoms with van der Waals surface area (Å²) in [7, 11) is 0. The zero-order valence-corrected chi connectivity index (χ0v) is 10.9. The molecule has 2 rings (SSSR count). The summed E-state index contributed by atoms with van der Waals surface area (Å²) in [5.41, 5.74) is 11.6. The maximum atomic E-state index is 11.7. The molecule has 0 atom stereocenters. The van der Waals surface area contributed by atoms with Crippen molar-refractivity contribution in [1.29, 1.82) is 0 Å². The van der Waals surface area contributed by atoms with E-state index in [2.05, 4.69) is 9.97 Å². The lowest BCUT2D eigenvalue weighted by Crippen LogP contribution is -2.15. The molecule has 0 unspecified atom stereocenters. The summed E-state index contributed by atoms with van der Waals surface area (Å²) in [6, 6.07) is 7.43. The first-order valence-corrected chi connectivity index (χ1v) is 6.45. The molecule has 0 fully saturated rings. The Morgan fingerprint density at radius 1 is 1.33 bits per heavy atom. The summed E-state index contributed by atoms with van der Waals surface area (Å²) in [6.07, 6.45) is 0. The smallest absolute Gasteiger partial charge is 0.268 e. The molecule has 1 heterocycles. The van der Waals surface area contributed by atoms with Crippen LogP contribution in [-0.2, 0) is 5.75 Å². The van der Waals surface area contributed by atoms with Gasteiger partial charge in [-0.3, -0.25) is 9.78 Å². The summed E-state index contributed by atoms with van der Waals surface area (Å²) >= 11 is 7.31. The van der Waals surface area contributed by atoms with E-state index in [4.69, 9.17) is 23.1 Å². The molecule has 0 radical (unpaired) electrons. The molecule has 2 aromatic rings. The third-order valence-electron chi connectivity index (χ3n) is 2.25. The van der Waals surface area contributed by atoms with Crippen molar-refractivity contribution in [3.63, 3.8) is 0 Å². The predicted octanol–water partition coefficient (Wildman–Crippen LogP) is 1.88. The van der Waals surface area contributed by atoms with E-state index >= 15 is 0 Å². The molecule has 1 aromatic carbocycles. The van der Waals surface area contributed by atoms with Gasteiger partial charge in [-0.1, -0.05) is 29.8 Å². The van der Waals surface area contributed by atoms with E-state index in [0.717, 1.165) is 5.56 Å². The average Bonchev–Trinajstić information content (AvgIpc) is 2.30. The second kappa shape index (κ2) is 5.32. The number of rotatable bonds is 3. The van der Waals surface area contributed by atoms with Gasteiger partial charge in [0, 0.05) is 10.8 Å². The van der Waals surface area contributed by atoms with Crippen LogP contribution in [0.2, 0.25) is 5.02 Å². The molecule has 7 heteroatoms. The summed E-state index contributed by atoms with van der Waals surface area (Å²) in [5.74, 6) is 0.686. The topological polar surface area (TPSA) is 97.8 Å². The molecule has 0 aliphatic rings. The second-order valence-electron chi connectivity index (χ2n) is 3.55. The zero-order chi connectivity index (χ0) is 13.1. The monoisotopic (exact) mass is 282 g/mol. The minimum absolute atomic E-state index is 0.0135. The first-order chi connectivity index (χ1) is 8.58. The quantitative estimate of drug-likeness (QED) is 0.747. The van der Waals surface area contributed by atoms with Gasteiger partial charge in [0.05, 0.1) is 0 Å². The van der Waals surface area contributed by atoms with E-state index in [-0.39, 0.29) is 17.3 Å². The van der Waals surface area contributed by atoms with E-state index in [9.17, 15) is 4.79 Å². The number of nitrogens with two attached hydrogens (primary N) is 2. The minimum Gasteiger partial charge on any atom is -0.382 e. The SMILES string of the molecule is Nc1nc(N)c(SCc2ccccc2Cl)c(=O)[nH]1. The number of hydrogen-bond donors (Lipinski definition) is 3. The maximum Gasteiger partial charge on any atom is 0.268 e. The molecule has 18 heavy (non-hydrogen) atoms. The van der Waals surface area contributed by atoms with Crippen molar-refractivity contribution in [3.8, 4) is 0 Å². The fourth-order valence-corrected chi connectivity index (χ4v) is 2.61. The Kier molecular flexibility index (Phi) is 3.78. The molecule has 5 nitrogen and oxygen atoms in total. The lowest BCUT2D eigenvalue weighted by atomic mass is 10.2. The molecule has 0 saturated heterocycles. The van der Waals surface area contributed by atoms with Gasteiger partial charge in [0.25, 0.3) is 5.56 Å². The van der Waals surface area contributed by atoms with Crippen LogP contribution >= 0.6 is 23.4 Å². The van der Waals surface area contributed by atoms with Crippen LogP contribution < -0.4 is 17.0 Å². The van der Waals surface area contributed by atoms with Gasteiger partial charge in [-0.25, -0.2) is 0 Å². The number of H-pyrrole nitrogens is 1. The van der Waals surface area contributed by atoms with Gasteiger partial charge in [0.2, 0.25) is 5.95 Å². The number of aromatic amines is 1. The molecule has 1 aromatic heterocycles. The van der Waals surface area contributed by atoms with E-state index in [1.54, 1.807) is 6.07 Å². The number of nitrogens with zero attached hydrogens (tertiary/aromatic N) is 1. The Balaban J connectivity index is 2.22. The Morgan fingerprint density at radius 2 is 2.06 bits per heavy atom. The molecule has 0 amide bonds. The van der Waals surface area contributed by atoms with Crippen molar-refractivity contribution < 1.29 is 0 Å². The highest BCUT2D eigenvalue weighted by atomic mass is 35.5. The number of aromatic nitrogens is 2. The fourth-order valence-electron chi connectivity index (χ4n) is 1.40. The van der Waals surface area contributed by atoms with E-state index < -0.39 is 0 Å². The van der Waals surface area contributed by atoms with Gasteiger partial charge in [0.1, 0.15) is 10.7 Å². The van der Waals surface area contributed by atoms with Gasteiger partial charge >= 0.3 is 0 Å². The second-order valence-corrected chi connectivity index (χ2v) is 4.94. The molecule has 0 aliphatic carbocycles. The Labute approximate surface area is 113 Å². The molecule has 0 bridgehead atoms. The number of thioether (sulfide) groups is 1. The normalized spacial score (nSPS) is 10.5. The van der Waals surface area contributed by atoms with Gasteiger partial charge < -0.3 is 11.5 Å². The van der Waals surface area contributed by atoms with Crippen LogP contribution in [0.25, 0.3) is 0 Å². The van der Waals surface area contributed by atoms with Crippen molar-refractivity contribution >= 4 is 35.1 Å². The van der Waals surface area contributed by atoms with Crippen LogP contribution in [0.15, 0.2) is 34.0 Å². The van der Waals surface area contributed by atoms with E-state index in [1.807, 2.05) is 18.2 Å². The van der Waals surface area contributed by atoms with Crippen LogP contribution in [-0.4, -0.2) is 9.97 Å². The first kappa shape index (κ1) is 12.8. The van der Waals surface area contributed by atoms with Crippen molar-refractivity contribution in [3.05, 3.63) is 45.2 Å². The number of anilines is 2. The summed E-state index contributed by atoms with van der Waals surface area (Å²) < 4.78 is 0. The van der Waals surface area contributed by atoms with Crippen LogP contribution in [0, 0.1) is 0 Å². The van der Waals surface area contributed by atoms with Crippen molar-refractivity contribution in [2.24, 2.45) is 0 Å². The number of nitrogens with one attached hydrogen (secondary N) is 1. The number of benzene rings is 1. The molecule has 0 saturated carbocycles. The Morgan fingerprint density at radius 3 is 2.72 bits per heavy atom. The summed E-state index contributed by atoms with van der Waals surface area (Å²) in [6.45, 7) is 0. The van der Waals surface area contributed by atoms with Gasteiger partial charge in [0.15, 0.2) is 0 Å². The van der Waals surface area contributed by atoms with Crippen molar-refractivity contribution in [2.45, 2.75) is 10.6 Å². The van der Waals surface area contributed by atoms with Crippen LogP contribution in [0.4, 0.5) is 11.8 Å². The van der Waals surface area contributed by atoms with E-state index in [1.165, 1.54) is 11.8 Å². The average molecular weight is 283 g/mol. The molecule has 5 N–H and O–H groups in total. The lowest BCUT2D eigenvalue weighted by Gasteiger charge is -2.05. The molecular weight excluding hydrogens is 272 g/mol. The summed E-state index contributed by atoms with van der Waals surface area (Å²) in [4.78, 5) is 18.2. The molecule has 94 valence electrons. The first-order valence-electron chi connectivity index (χ1n) is 5.09. The van der Waals surface area contributed by atoms with Gasteiger partial charge in [-0.15, -0.1) is 11.8 Å². The third kappa shape index (κ3) is 2.77. The maximum absolute atomic E-state index is 11.7.